The number of carbonyl (C=O) groups excluding carboxylic acids is 8. The molecule has 1 saturated heterocycles. The third-order valence-corrected chi connectivity index (χ3v) is 10.8. The second-order valence-corrected chi connectivity index (χ2v) is 16.2. The van der Waals surface area contributed by atoms with Crippen molar-refractivity contribution in [2.75, 3.05) is 13.1 Å². The lowest BCUT2D eigenvalue weighted by atomic mass is 9.84. The topological polar surface area (TPSA) is 324 Å². The summed E-state index contributed by atoms with van der Waals surface area (Å²) in [5.74, 6) is -12.8. The Morgan fingerprint density at radius 3 is 1.64 bits per heavy atom. The van der Waals surface area contributed by atoms with Gasteiger partial charge in [-0.25, -0.2) is 0 Å². The Kier molecular flexibility index (Phi) is 20.9. The number of carboxylic acid groups (broad SMARTS) is 3. The van der Waals surface area contributed by atoms with Crippen LogP contribution in [0.1, 0.15) is 96.1 Å². The van der Waals surface area contributed by atoms with Gasteiger partial charge in [-0.15, -0.1) is 0 Å². The van der Waals surface area contributed by atoms with Gasteiger partial charge in [0.25, 0.3) is 5.91 Å². The van der Waals surface area contributed by atoms with Gasteiger partial charge in [-0.05, 0) is 49.1 Å². The SMILES string of the molecule is CCCC(NC(=O)C1CCCN1C(=O)C(NC(=O)C(NC(=O)C(CCC(=O)O)NC(=O)C(CCC(=O)O)NC(C)=O)C(c1ccccc1)c1ccccc1)C(C)C)C(=O)C(=O)NCC(=O)O. The molecule has 0 spiro atoms. The van der Waals surface area contributed by atoms with Crippen molar-refractivity contribution in [2.45, 2.75) is 121 Å². The highest BCUT2D eigenvalue weighted by Crippen LogP contribution is 2.29. The zero-order chi connectivity index (χ0) is 49.1. The number of amides is 7. The van der Waals surface area contributed by atoms with Crippen molar-refractivity contribution in [1.29, 1.82) is 0 Å². The maximum atomic E-state index is 14.9. The van der Waals surface area contributed by atoms with Gasteiger partial charge >= 0.3 is 17.9 Å². The molecule has 0 radical (unpaired) electrons. The van der Waals surface area contributed by atoms with E-state index in [1.54, 1.807) is 81.4 Å². The minimum absolute atomic E-state index is 0.0367. The standard InChI is InChI=1S/C45H59N7O14/c1-5-13-29(39(60)44(65)46-24-35(58)59)48-42(63)32-18-12-23-52(32)45(66)37(25(2)3)50-43(64)38(36(27-14-8-6-9-15-27)28-16-10-7-11-17-28)51-41(62)31(20-22-34(56)57)49-40(61)30(47-26(4)53)19-21-33(54)55/h6-11,14-17,25,29-32,36-38H,5,12-13,18-24H2,1-4H3,(H,46,65)(H,47,53)(H,48,63)(H,49,61)(H,50,64)(H,51,62)(H,54,55)(H,56,57)(H,58,59). The number of aliphatic carboxylic acids is 3. The maximum Gasteiger partial charge on any atom is 0.322 e. The van der Waals surface area contributed by atoms with Crippen molar-refractivity contribution in [3.8, 4) is 0 Å². The summed E-state index contributed by atoms with van der Waals surface area (Å²) in [5.41, 5.74) is 1.07. The number of benzene rings is 2. The first kappa shape index (κ1) is 53.2. The summed E-state index contributed by atoms with van der Waals surface area (Å²) >= 11 is 0. The number of nitrogens with one attached hydrogen (secondary N) is 6. The van der Waals surface area contributed by atoms with Crippen molar-refractivity contribution in [3.05, 3.63) is 71.8 Å². The molecule has 1 heterocycles. The number of nitrogens with zero attached hydrogens (tertiary/aromatic N) is 1. The van der Waals surface area contributed by atoms with E-state index < -0.39 is 139 Å². The Hall–Kier alpha value is -7.19. The van der Waals surface area contributed by atoms with Crippen molar-refractivity contribution in [3.63, 3.8) is 0 Å². The van der Waals surface area contributed by atoms with Crippen LogP contribution in [0, 0.1) is 5.92 Å². The first-order chi connectivity index (χ1) is 31.2. The average molecular weight is 922 g/mol. The van der Waals surface area contributed by atoms with Gasteiger partial charge in [0.15, 0.2) is 0 Å². The Morgan fingerprint density at radius 1 is 0.636 bits per heavy atom. The summed E-state index contributed by atoms with van der Waals surface area (Å²) in [5, 5.41) is 42.5. The Bertz CT molecular complexity index is 2040. The van der Waals surface area contributed by atoms with E-state index in [4.69, 9.17) is 5.11 Å². The second kappa shape index (κ2) is 25.9. The van der Waals surface area contributed by atoms with Crippen LogP contribution < -0.4 is 31.9 Å². The highest BCUT2D eigenvalue weighted by molar-refractivity contribution is 6.38. The molecule has 7 amide bonds. The van der Waals surface area contributed by atoms with Crippen LogP contribution in [0.3, 0.4) is 0 Å². The van der Waals surface area contributed by atoms with Gasteiger partial charge in [0.1, 0.15) is 36.8 Å². The Morgan fingerprint density at radius 2 is 1.15 bits per heavy atom. The van der Waals surface area contributed by atoms with E-state index in [-0.39, 0.29) is 25.8 Å². The van der Waals surface area contributed by atoms with Crippen LogP contribution in [0.2, 0.25) is 0 Å². The molecule has 0 bridgehead atoms. The summed E-state index contributed by atoms with van der Waals surface area (Å²) in [6, 6.07) is 8.74. The van der Waals surface area contributed by atoms with E-state index in [2.05, 4.69) is 26.6 Å². The van der Waals surface area contributed by atoms with E-state index >= 15 is 0 Å². The molecule has 358 valence electrons. The quantitative estimate of drug-likeness (QED) is 0.0570. The molecule has 2 aromatic rings. The third kappa shape index (κ3) is 16.1. The maximum absolute atomic E-state index is 14.9. The number of hydrogen-bond acceptors (Lipinski definition) is 11. The van der Waals surface area contributed by atoms with E-state index in [9.17, 15) is 63.0 Å². The summed E-state index contributed by atoms with van der Waals surface area (Å²) in [7, 11) is 0. The smallest absolute Gasteiger partial charge is 0.322 e. The zero-order valence-corrected chi connectivity index (χ0v) is 37.2. The van der Waals surface area contributed by atoms with E-state index in [1.165, 1.54) is 4.90 Å². The third-order valence-electron chi connectivity index (χ3n) is 10.8. The lowest BCUT2D eigenvalue weighted by Crippen LogP contribution is -2.61. The Balaban J connectivity index is 2.03. The normalized spacial score (nSPS) is 15.5. The van der Waals surface area contributed by atoms with Gasteiger partial charge in [-0.3, -0.25) is 52.7 Å². The Labute approximate surface area is 381 Å². The molecule has 1 aliphatic heterocycles. The van der Waals surface area contributed by atoms with Gasteiger partial charge in [-0.2, -0.15) is 0 Å². The summed E-state index contributed by atoms with van der Waals surface area (Å²) in [6.07, 6.45) is -1.09. The lowest BCUT2D eigenvalue weighted by molar-refractivity contribution is -0.145. The first-order valence-electron chi connectivity index (χ1n) is 21.6. The molecule has 66 heavy (non-hydrogen) atoms. The fourth-order valence-electron chi connectivity index (χ4n) is 7.51. The molecule has 1 fully saturated rings. The van der Waals surface area contributed by atoms with E-state index in [0.29, 0.717) is 24.0 Å². The van der Waals surface area contributed by atoms with Gasteiger partial charge < -0.3 is 52.1 Å². The number of carboxylic acids is 3. The molecule has 21 heteroatoms. The van der Waals surface area contributed by atoms with Crippen LogP contribution in [-0.4, -0.2) is 135 Å². The van der Waals surface area contributed by atoms with Gasteiger partial charge in [0.2, 0.25) is 41.2 Å². The molecule has 21 nitrogen and oxygen atoms in total. The highest BCUT2D eigenvalue weighted by Gasteiger charge is 2.42. The molecule has 0 saturated carbocycles. The van der Waals surface area contributed by atoms with Crippen LogP contribution in [0.25, 0.3) is 0 Å². The first-order valence-corrected chi connectivity index (χ1v) is 21.6. The van der Waals surface area contributed by atoms with E-state index in [0.717, 1.165) is 6.92 Å². The molecule has 1 aliphatic rings. The monoisotopic (exact) mass is 921 g/mol. The van der Waals surface area contributed by atoms with Crippen LogP contribution in [-0.2, 0) is 52.7 Å². The molecule has 6 atom stereocenters. The van der Waals surface area contributed by atoms with Crippen LogP contribution in [0.4, 0.5) is 0 Å². The molecular weight excluding hydrogens is 863 g/mol. The number of carbonyl (C=O) groups is 11. The number of ketones is 1. The van der Waals surface area contributed by atoms with Crippen molar-refractivity contribution in [1.82, 2.24) is 36.8 Å². The largest absolute Gasteiger partial charge is 0.481 e. The lowest BCUT2D eigenvalue weighted by Gasteiger charge is -2.34. The summed E-state index contributed by atoms with van der Waals surface area (Å²) in [4.78, 5) is 144. The number of Topliss-reactive ketones (excluding diaryl/α,β-unsaturated/α-hetero) is 1. The molecule has 9 N–H and O–H groups in total. The predicted molar refractivity (Wildman–Crippen MR) is 234 cm³/mol. The molecular formula is C45H59N7O14. The molecule has 0 aromatic heterocycles. The number of rotatable bonds is 26. The van der Waals surface area contributed by atoms with Gasteiger partial charge in [0.05, 0.1) is 6.04 Å². The second-order valence-electron chi connectivity index (χ2n) is 16.2. The van der Waals surface area contributed by atoms with Gasteiger partial charge in [0, 0.05) is 32.2 Å². The zero-order valence-electron chi connectivity index (χ0n) is 37.2. The van der Waals surface area contributed by atoms with Crippen molar-refractivity contribution >= 4 is 65.0 Å². The molecule has 2 aromatic carbocycles. The van der Waals surface area contributed by atoms with Crippen LogP contribution >= 0.6 is 0 Å². The van der Waals surface area contributed by atoms with Crippen LogP contribution in [0.15, 0.2) is 60.7 Å². The minimum Gasteiger partial charge on any atom is -0.481 e. The minimum atomic E-state index is -1.63. The molecule has 0 aliphatic carbocycles. The van der Waals surface area contributed by atoms with Crippen LogP contribution in [0.5, 0.6) is 0 Å². The van der Waals surface area contributed by atoms with Crippen molar-refractivity contribution < 1.29 is 68.1 Å². The number of likely N-dealkylation sites (tertiary alicyclic amines) is 1. The van der Waals surface area contributed by atoms with Crippen molar-refractivity contribution in [2.24, 2.45) is 5.92 Å². The fourth-order valence-corrected chi connectivity index (χ4v) is 7.51. The molecule has 6 unspecified atom stereocenters. The van der Waals surface area contributed by atoms with E-state index in [1.807, 2.05) is 5.32 Å². The highest BCUT2D eigenvalue weighted by atomic mass is 16.4. The average Bonchev–Trinajstić information content (AvgIpc) is 3.77. The summed E-state index contributed by atoms with van der Waals surface area (Å²) < 4.78 is 0. The fraction of sp³-hybridized carbons (Fsp3) is 0.489. The molecule has 3 rings (SSSR count). The predicted octanol–water partition coefficient (Wildman–Crippen LogP) is 0.209. The number of hydrogen-bond donors (Lipinski definition) is 9. The van der Waals surface area contributed by atoms with Gasteiger partial charge in [-0.1, -0.05) is 87.9 Å². The summed E-state index contributed by atoms with van der Waals surface area (Å²) in [6.45, 7) is 5.36.